The Labute approximate surface area is 135 Å². The van der Waals surface area contributed by atoms with Gasteiger partial charge in [0.15, 0.2) is 5.78 Å². The standard InChI is InChI=1S/C17H22N2O4/c1-22-12-6-8-15(23-2)11(10-12)5-7-14(20)13-4-3-9-19-17(21)16(13)18/h5-8,10,13,16H,3-4,9,18H2,1-2H3,(H,19,21). The minimum atomic E-state index is -0.804. The van der Waals surface area contributed by atoms with Crippen LogP contribution < -0.4 is 20.5 Å². The SMILES string of the molecule is COc1ccc(OC)c(C=CC(=O)C2CCCNC(=O)C2N)c1. The molecule has 3 N–H and O–H groups in total. The van der Waals surface area contributed by atoms with Crippen LogP contribution in [0.3, 0.4) is 0 Å². The molecule has 6 nitrogen and oxygen atoms in total. The van der Waals surface area contributed by atoms with Crippen LogP contribution in [0.15, 0.2) is 24.3 Å². The van der Waals surface area contributed by atoms with Gasteiger partial charge < -0.3 is 20.5 Å². The smallest absolute Gasteiger partial charge is 0.237 e. The Morgan fingerprint density at radius 3 is 2.83 bits per heavy atom. The first-order chi connectivity index (χ1) is 11.1. The summed E-state index contributed by atoms with van der Waals surface area (Å²) < 4.78 is 10.5. The summed E-state index contributed by atoms with van der Waals surface area (Å²) in [5.74, 6) is 0.388. The van der Waals surface area contributed by atoms with Gasteiger partial charge in [0.05, 0.1) is 20.3 Å². The van der Waals surface area contributed by atoms with Gasteiger partial charge in [0, 0.05) is 18.0 Å². The lowest BCUT2D eigenvalue weighted by Crippen LogP contribution is -2.45. The van der Waals surface area contributed by atoms with E-state index in [9.17, 15) is 9.59 Å². The van der Waals surface area contributed by atoms with Crippen LogP contribution >= 0.6 is 0 Å². The number of carbonyl (C=O) groups is 2. The van der Waals surface area contributed by atoms with Gasteiger partial charge in [0.1, 0.15) is 11.5 Å². The summed E-state index contributed by atoms with van der Waals surface area (Å²) in [6, 6.07) is 4.53. The van der Waals surface area contributed by atoms with Crippen LogP contribution in [0.1, 0.15) is 18.4 Å². The van der Waals surface area contributed by atoms with Gasteiger partial charge in [-0.25, -0.2) is 0 Å². The molecule has 2 atom stereocenters. The summed E-state index contributed by atoms with van der Waals surface area (Å²) in [7, 11) is 3.14. The Morgan fingerprint density at radius 2 is 2.13 bits per heavy atom. The normalized spacial score (nSPS) is 21.6. The molecule has 2 unspecified atom stereocenters. The van der Waals surface area contributed by atoms with Gasteiger partial charge in [-0.2, -0.15) is 0 Å². The lowest BCUT2D eigenvalue weighted by molar-refractivity contribution is -0.127. The van der Waals surface area contributed by atoms with E-state index in [1.807, 2.05) is 0 Å². The van der Waals surface area contributed by atoms with E-state index >= 15 is 0 Å². The van der Waals surface area contributed by atoms with E-state index in [1.54, 1.807) is 38.5 Å². The summed E-state index contributed by atoms with van der Waals surface area (Å²) in [6.07, 6.45) is 4.46. The Hall–Kier alpha value is -2.34. The Bertz CT molecular complexity index is 613. The summed E-state index contributed by atoms with van der Waals surface area (Å²) in [5.41, 5.74) is 6.61. The molecule has 0 spiro atoms. The van der Waals surface area contributed by atoms with E-state index in [2.05, 4.69) is 5.32 Å². The first-order valence-electron chi connectivity index (χ1n) is 7.54. The molecule has 0 aliphatic carbocycles. The number of ether oxygens (including phenoxy) is 2. The third kappa shape index (κ3) is 4.10. The third-order valence-electron chi connectivity index (χ3n) is 3.96. The molecule has 0 radical (unpaired) electrons. The largest absolute Gasteiger partial charge is 0.497 e. The number of hydrogen-bond donors (Lipinski definition) is 2. The van der Waals surface area contributed by atoms with Crippen molar-refractivity contribution in [1.82, 2.24) is 5.32 Å². The fourth-order valence-electron chi connectivity index (χ4n) is 2.60. The first-order valence-corrected chi connectivity index (χ1v) is 7.54. The zero-order valence-electron chi connectivity index (χ0n) is 13.4. The van der Waals surface area contributed by atoms with E-state index in [0.29, 0.717) is 24.5 Å². The highest BCUT2D eigenvalue weighted by Gasteiger charge is 2.30. The molecule has 1 aliphatic rings. The molecule has 23 heavy (non-hydrogen) atoms. The number of hydrogen-bond acceptors (Lipinski definition) is 5. The Morgan fingerprint density at radius 1 is 1.35 bits per heavy atom. The van der Waals surface area contributed by atoms with Crippen molar-refractivity contribution in [3.63, 3.8) is 0 Å². The molecular weight excluding hydrogens is 296 g/mol. The molecule has 0 aromatic heterocycles. The topological polar surface area (TPSA) is 90.6 Å². The van der Waals surface area contributed by atoms with Crippen molar-refractivity contribution >= 4 is 17.8 Å². The number of benzene rings is 1. The molecule has 1 aromatic rings. The molecule has 1 amide bonds. The van der Waals surface area contributed by atoms with Crippen molar-refractivity contribution < 1.29 is 19.1 Å². The van der Waals surface area contributed by atoms with Gasteiger partial charge in [-0.1, -0.05) is 0 Å². The predicted octanol–water partition coefficient (Wildman–Crippen LogP) is 1.14. The van der Waals surface area contributed by atoms with E-state index in [1.165, 1.54) is 6.08 Å². The van der Waals surface area contributed by atoms with E-state index < -0.39 is 12.0 Å². The molecular formula is C17H22N2O4. The molecule has 0 bridgehead atoms. The van der Waals surface area contributed by atoms with Crippen LogP contribution in [-0.4, -0.2) is 38.5 Å². The molecule has 0 saturated carbocycles. The summed E-state index contributed by atoms with van der Waals surface area (Å²) in [4.78, 5) is 24.2. The summed E-state index contributed by atoms with van der Waals surface area (Å²) >= 11 is 0. The van der Waals surface area contributed by atoms with E-state index in [0.717, 1.165) is 12.0 Å². The predicted molar refractivity (Wildman–Crippen MR) is 87.3 cm³/mol. The van der Waals surface area contributed by atoms with Gasteiger partial charge in [-0.05, 0) is 43.2 Å². The van der Waals surface area contributed by atoms with Crippen molar-refractivity contribution in [2.24, 2.45) is 11.7 Å². The summed E-state index contributed by atoms with van der Waals surface area (Å²) in [5, 5.41) is 2.71. The van der Waals surface area contributed by atoms with Crippen molar-refractivity contribution in [3.8, 4) is 11.5 Å². The molecule has 124 valence electrons. The number of nitrogens with one attached hydrogen (secondary N) is 1. The van der Waals surface area contributed by atoms with Crippen molar-refractivity contribution in [1.29, 1.82) is 0 Å². The van der Waals surface area contributed by atoms with Crippen LogP contribution in [-0.2, 0) is 9.59 Å². The van der Waals surface area contributed by atoms with Gasteiger partial charge in [0.25, 0.3) is 0 Å². The van der Waals surface area contributed by atoms with Crippen molar-refractivity contribution in [2.45, 2.75) is 18.9 Å². The van der Waals surface area contributed by atoms with Gasteiger partial charge in [-0.3, -0.25) is 9.59 Å². The fourth-order valence-corrected chi connectivity index (χ4v) is 2.60. The fraction of sp³-hybridized carbons (Fsp3) is 0.412. The average Bonchev–Trinajstić information content (AvgIpc) is 2.74. The van der Waals surface area contributed by atoms with Crippen LogP contribution in [0.5, 0.6) is 11.5 Å². The molecule has 2 rings (SSSR count). The molecule has 6 heteroatoms. The highest BCUT2D eigenvalue weighted by atomic mass is 16.5. The second kappa shape index (κ2) is 7.78. The van der Waals surface area contributed by atoms with Crippen LogP contribution in [0.25, 0.3) is 6.08 Å². The van der Waals surface area contributed by atoms with Crippen molar-refractivity contribution in [3.05, 3.63) is 29.8 Å². The number of ketones is 1. The first kappa shape index (κ1) is 17.0. The summed E-state index contributed by atoms with van der Waals surface area (Å²) in [6.45, 7) is 0.559. The quantitative estimate of drug-likeness (QED) is 0.795. The second-order valence-corrected chi connectivity index (χ2v) is 5.41. The lowest BCUT2D eigenvalue weighted by Gasteiger charge is -2.16. The maximum atomic E-state index is 12.4. The van der Waals surface area contributed by atoms with Gasteiger partial charge >= 0.3 is 0 Å². The number of methoxy groups -OCH3 is 2. The lowest BCUT2D eigenvalue weighted by atomic mass is 9.91. The molecule has 1 aliphatic heterocycles. The minimum absolute atomic E-state index is 0.153. The highest BCUT2D eigenvalue weighted by Crippen LogP contribution is 2.25. The number of amides is 1. The molecule has 1 aromatic carbocycles. The monoisotopic (exact) mass is 318 g/mol. The average molecular weight is 318 g/mol. The highest BCUT2D eigenvalue weighted by molar-refractivity contribution is 5.99. The minimum Gasteiger partial charge on any atom is -0.497 e. The zero-order valence-corrected chi connectivity index (χ0v) is 13.4. The number of rotatable bonds is 5. The Kier molecular flexibility index (Phi) is 5.76. The molecule has 1 heterocycles. The maximum absolute atomic E-state index is 12.4. The number of nitrogens with two attached hydrogens (primary N) is 1. The van der Waals surface area contributed by atoms with Crippen LogP contribution in [0.2, 0.25) is 0 Å². The maximum Gasteiger partial charge on any atom is 0.237 e. The molecule has 1 saturated heterocycles. The molecule has 1 fully saturated rings. The van der Waals surface area contributed by atoms with Gasteiger partial charge in [0.2, 0.25) is 5.91 Å². The second-order valence-electron chi connectivity index (χ2n) is 5.41. The number of carbonyl (C=O) groups excluding carboxylic acids is 2. The van der Waals surface area contributed by atoms with E-state index in [4.69, 9.17) is 15.2 Å². The van der Waals surface area contributed by atoms with Crippen molar-refractivity contribution in [2.75, 3.05) is 20.8 Å². The Balaban J connectivity index is 2.18. The number of allylic oxidation sites excluding steroid dienone is 1. The van der Waals surface area contributed by atoms with Crippen LogP contribution in [0.4, 0.5) is 0 Å². The van der Waals surface area contributed by atoms with E-state index in [-0.39, 0.29) is 11.7 Å². The van der Waals surface area contributed by atoms with Crippen LogP contribution in [0, 0.1) is 5.92 Å². The zero-order chi connectivity index (χ0) is 16.8. The van der Waals surface area contributed by atoms with Gasteiger partial charge in [-0.15, -0.1) is 0 Å². The third-order valence-corrected chi connectivity index (χ3v) is 3.96.